The SMILES string of the molecule is CSc1ccc(C)c(C(=O)NNC(=O)c2ccccc2Cl)c1. The van der Waals surface area contributed by atoms with Gasteiger partial charge in [0.1, 0.15) is 0 Å². The van der Waals surface area contributed by atoms with Gasteiger partial charge in [-0.2, -0.15) is 0 Å². The lowest BCUT2D eigenvalue weighted by Crippen LogP contribution is -2.42. The number of rotatable bonds is 3. The second kappa shape index (κ2) is 7.33. The van der Waals surface area contributed by atoms with Crippen molar-refractivity contribution in [2.75, 3.05) is 6.26 Å². The minimum absolute atomic E-state index is 0.305. The first-order chi connectivity index (χ1) is 10.5. The highest BCUT2D eigenvalue weighted by atomic mass is 35.5. The van der Waals surface area contributed by atoms with Crippen LogP contribution < -0.4 is 10.9 Å². The lowest BCUT2D eigenvalue weighted by atomic mass is 10.1. The van der Waals surface area contributed by atoms with E-state index in [1.54, 1.807) is 42.1 Å². The summed E-state index contributed by atoms with van der Waals surface area (Å²) in [7, 11) is 0. The number of aryl methyl sites for hydroxylation is 1. The van der Waals surface area contributed by atoms with Gasteiger partial charge >= 0.3 is 0 Å². The zero-order valence-corrected chi connectivity index (χ0v) is 13.7. The molecule has 0 radical (unpaired) electrons. The number of hydrazine groups is 1. The molecular weight excluding hydrogens is 320 g/mol. The Bertz CT molecular complexity index is 719. The first-order valence-corrected chi connectivity index (χ1v) is 8.13. The Kier molecular flexibility index (Phi) is 5.46. The number of carbonyl (C=O) groups excluding carboxylic acids is 2. The predicted octanol–water partition coefficient (Wildman–Crippen LogP) is 3.45. The summed E-state index contributed by atoms with van der Waals surface area (Å²) >= 11 is 7.49. The quantitative estimate of drug-likeness (QED) is 0.667. The number of hydrogen-bond acceptors (Lipinski definition) is 3. The third kappa shape index (κ3) is 3.81. The molecule has 2 N–H and O–H groups in total. The Hall–Kier alpha value is -1.98. The van der Waals surface area contributed by atoms with E-state index in [0.29, 0.717) is 16.1 Å². The molecule has 0 spiro atoms. The molecule has 0 aromatic heterocycles. The fourth-order valence-electron chi connectivity index (χ4n) is 1.87. The van der Waals surface area contributed by atoms with E-state index < -0.39 is 5.91 Å². The smallest absolute Gasteiger partial charge is 0.267 e. The first kappa shape index (κ1) is 16.4. The van der Waals surface area contributed by atoms with Gasteiger partial charge in [-0.15, -0.1) is 11.8 Å². The molecule has 2 aromatic carbocycles. The normalized spacial score (nSPS) is 10.1. The number of halogens is 1. The molecule has 0 aliphatic rings. The van der Waals surface area contributed by atoms with Crippen LogP contribution in [-0.4, -0.2) is 18.1 Å². The maximum absolute atomic E-state index is 12.2. The van der Waals surface area contributed by atoms with Crippen LogP contribution in [0.5, 0.6) is 0 Å². The Morgan fingerprint density at radius 1 is 1.00 bits per heavy atom. The molecule has 0 bridgehead atoms. The lowest BCUT2D eigenvalue weighted by Gasteiger charge is -2.10. The molecule has 2 amide bonds. The largest absolute Gasteiger partial charge is 0.271 e. The van der Waals surface area contributed by atoms with E-state index in [2.05, 4.69) is 10.9 Å². The van der Waals surface area contributed by atoms with Crippen LogP contribution in [0.4, 0.5) is 0 Å². The Labute approximate surface area is 138 Å². The van der Waals surface area contributed by atoms with E-state index in [0.717, 1.165) is 10.5 Å². The highest BCUT2D eigenvalue weighted by molar-refractivity contribution is 7.98. The molecule has 0 heterocycles. The van der Waals surface area contributed by atoms with Crippen molar-refractivity contribution >= 4 is 35.2 Å². The number of benzene rings is 2. The van der Waals surface area contributed by atoms with Crippen molar-refractivity contribution < 1.29 is 9.59 Å². The van der Waals surface area contributed by atoms with Crippen molar-refractivity contribution in [1.29, 1.82) is 0 Å². The summed E-state index contributed by atoms with van der Waals surface area (Å²) in [5, 5.41) is 0.329. The minimum Gasteiger partial charge on any atom is -0.267 e. The van der Waals surface area contributed by atoms with E-state index in [9.17, 15) is 9.59 Å². The first-order valence-electron chi connectivity index (χ1n) is 6.52. The highest BCUT2D eigenvalue weighted by Gasteiger charge is 2.13. The van der Waals surface area contributed by atoms with Gasteiger partial charge in [0.15, 0.2) is 0 Å². The average molecular weight is 335 g/mol. The number of thioether (sulfide) groups is 1. The van der Waals surface area contributed by atoms with E-state index in [-0.39, 0.29) is 5.91 Å². The van der Waals surface area contributed by atoms with Crippen LogP contribution >= 0.6 is 23.4 Å². The van der Waals surface area contributed by atoms with Gasteiger partial charge in [-0.25, -0.2) is 0 Å². The van der Waals surface area contributed by atoms with Crippen molar-refractivity contribution in [1.82, 2.24) is 10.9 Å². The molecule has 6 heteroatoms. The summed E-state index contributed by atoms with van der Waals surface area (Å²) in [4.78, 5) is 25.2. The summed E-state index contributed by atoms with van der Waals surface area (Å²) in [6.45, 7) is 1.84. The minimum atomic E-state index is -0.461. The fourth-order valence-corrected chi connectivity index (χ4v) is 2.53. The van der Waals surface area contributed by atoms with Gasteiger partial charge < -0.3 is 0 Å². The van der Waals surface area contributed by atoms with Crippen molar-refractivity contribution in [3.8, 4) is 0 Å². The summed E-state index contributed by atoms with van der Waals surface area (Å²) in [6.07, 6.45) is 1.94. The Balaban J connectivity index is 2.07. The van der Waals surface area contributed by atoms with Crippen LogP contribution in [0.2, 0.25) is 5.02 Å². The van der Waals surface area contributed by atoms with Crippen molar-refractivity contribution in [2.24, 2.45) is 0 Å². The topological polar surface area (TPSA) is 58.2 Å². The van der Waals surface area contributed by atoms with Crippen LogP contribution in [0.25, 0.3) is 0 Å². The monoisotopic (exact) mass is 334 g/mol. The third-order valence-electron chi connectivity index (χ3n) is 3.10. The van der Waals surface area contributed by atoms with Gasteiger partial charge in [-0.1, -0.05) is 29.8 Å². The lowest BCUT2D eigenvalue weighted by molar-refractivity contribution is 0.0846. The molecule has 0 fully saturated rings. The highest BCUT2D eigenvalue weighted by Crippen LogP contribution is 2.19. The van der Waals surface area contributed by atoms with Crippen LogP contribution in [0.15, 0.2) is 47.4 Å². The van der Waals surface area contributed by atoms with Crippen LogP contribution in [0.3, 0.4) is 0 Å². The van der Waals surface area contributed by atoms with Crippen LogP contribution in [-0.2, 0) is 0 Å². The second-order valence-electron chi connectivity index (χ2n) is 4.57. The standard InChI is InChI=1S/C16H15ClN2O2S/c1-10-7-8-11(22-2)9-13(10)16(21)19-18-15(20)12-5-3-4-6-14(12)17/h3-9H,1-2H3,(H,18,20)(H,19,21). The number of carbonyl (C=O) groups is 2. The third-order valence-corrected chi connectivity index (χ3v) is 4.15. The molecule has 2 rings (SSSR count). The summed E-state index contributed by atoms with van der Waals surface area (Å²) < 4.78 is 0. The molecule has 0 aliphatic carbocycles. The number of nitrogens with one attached hydrogen (secondary N) is 2. The summed E-state index contributed by atoms with van der Waals surface area (Å²) in [6, 6.07) is 12.2. The molecule has 0 aliphatic heterocycles. The Morgan fingerprint density at radius 2 is 1.64 bits per heavy atom. The molecular formula is C16H15ClN2O2S. The van der Waals surface area contributed by atoms with E-state index >= 15 is 0 Å². The molecule has 2 aromatic rings. The average Bonchev–Trinajstić information content (AvgIpc) is 2.53. The van der Waals surface area contributed by atoms with Crippen LogP contribution in [0.1, 0.15) is 26.3 Å². The zero-order valence-electron chi connectivity index (χ0n) is 12.1. The fraction of sp³-hybridized carbons (Fsp3) is 0.125. The van der Waals surface area contributed by atoms with Crippen molar-refractivity contribution in [3.63, 3.8) is 0 Å². The number of hydrogen-bond donors (Lipinski definition) is 2. The van der Waals surface area contributed by atoms with Crippen molar-refractivity contribution in [3.05, 3.63) is 64.2 Å². The summed E-state index contributed by atoms with van der Waals surface area (Å²) in [5.74, 6) is -0.827. The summed E-state index contributed by atoms with van der Waals surface area (Å²) in [5.41, 5.74) is 6.44. The molecule has 0 atom stereocenters. The molecule has 22 heavy (non-hydrogen) atoms. The van der Waals surface area contributed by atoms with Gasteiger partial charge in [0.25, 0.3) is 11.8 Å². The van der Waals surface area contributed by atoms with Crippen molar-refractivity contribution in [2.45, 2.75) is 11.8 Å². The van der Waals surface area contributed by atoms with E-state index in [1.165, 1.54) is 0 Å². The maximum Gasteiger partial charge on any atom is 0.271 e. The van der Waals surface area contributed by atoms with Gasteiger partial charge in [0.05, 0.1) is 10.6 Å². The van der Waals surface area contributed by atoms with Gasteiger partial charge in [0.2, 0.25) is 0 Å². The zero-order chi connectivity index (χ0) is 16.1. The maximum atomic E-state index is 12.2. The van der Waals surface area contributed by atoms with E-state index in [1.807, 2.05) is 25.3 Å². The van der Waals surface area contributed by atoms with Gasteiger partial charge in [-0.3, -0.25) is 20.4 Å². The molecule has 114 valence electrons. The van der Waals surface area contributed by atoms with E-state index in [4.69, 9.17) is 11.6 Å². The molecule has 0 unspecified atom stereocenters. The Morgan fingerprint density at radius 3 is 2.27 bits per heavy atom. The number of amides is 2. The molecule has 0 saturated carbocycles. The molecule has 0 saturated heterocycles. The van der Waals surface area contributed by atoms with Gasteiger partial charge in [0, 0.05) is 10.5 Å². The van der Waals surface area contributed by atoms with Crippen LogP contribution in [0, 0.1) is 6.92 Å². The molecule has 4 nitrogen and oxygen atoms in total. The second-order valence-corrected chi connectivity index (χ2v) is 5.86. The van der Waals surface area contributed by atoms with Gasteiger partial charge in [-0.05, 0) is 43.0 Å². The predicted molar refractivity (Wildman–Crippen MR) is 89.3 cm³/mol.